The van der Waals surface area contributed by atoms with E-state index >= 15 is 0 Å². The quantitative estimate of drug-likeness (QED) is 0.357. The number of ether oxygens (including phenoxy) is 3. The van der Waals surface area contributed by atoms with Crippen LogP contribution in [0.25, 0.3) is 27.8 Å². The summed E-state index contributed by atoms with van der Waals surface area (Å²) in [6.45, 7) is -0.228. The maximum Gasteiger partial charge on any atom is 0.337 e. The molecule has 0 radical (unpaired) electrons. The Morgan fingerprint density at radius 1 is 1.00 bits per heavy atom. The van der Waals surface area contributed by atoms with Crippen LogP contribution < -0.4 is 10.3 Å². The highest BCUT2D eigenvalue weighted by Crippen LogP contribution is 2.22. The molecule has 0 bridgehead atoms. The van der Waals surface area contributed by atoms with Crippen molar-refractivity contribution < 1.29 is 23.8 Å². The van der Waals surface area contributed by atoms with E-state index in [1.807, 2.05) is 36.4 Å². The molecule has 0 spiro atoms. The largest absolute Gasteiger partial charge is 0.497 e. The highest BCUT2D eigenvalue weighted by Gasteiger charge is 2.10. The first-order valence-electron chi connectivity index (χ1n) is 10.0. The molecule has 1 heterocycles. The number of hydrogen-bond acceptors (Lipinski definition) is 7. The van der Waals surface area contributed by atoms with Crippen LogP contribution in [0, 0.1) is 0 Å². The highest BCUT2D eigenvalue weighted by molar-refractivity contribution is 5.94. The molecule has 0 aliphatic carbocycles. The van der Waals surface area contributed by atoms with Crippen molar-refractivity contribution in [2.75, 3.05) is 14.2 Å². The molecular formula is C25H20N2O6. The third-order valence-corrected chi connectivity index (χ3v) is 5.01. The van der Waals surface area contributed by atoms with Crippen LogP contribution in [0.3, 0.4) is 0 Å². The molecule has 0 saturated heterocycles. The molecule has 0 aliphatic rings. The fraction of sp³-hybridized carbons (Fsp3) is 0.120. The van der Waals surface area contributed by atoms with E-state index in [1.165, 1.54) is 31.4 Å². The first-order valence-corrected chi connectivity index (χ1v) is 10.0. The molecule has 8 heteroatoms. The van der Waals surface area contributed by atoms with Crippen molar-refractivity contribution in [3.8, 4) is 5.75 Å². The van der Waals surface area contributed by atoms with Crippen LogP contribution in [0.2, 0.25) is 0 Å². The molecule has 8 nitrogen and oxygen atoms in total. The van der Waals surface area contributed by atoms with Gasteiger partial charge in [-0.25, -0.2) is 14.6 Å². The number of hydrogen-bond donors (Lipinski definition) is 1. The number of aromatic amines is 1. The number of esters is 2. The number of methoxy groups -OCH3 is 2. The van der Waals surface area contributed by atoms with Crippen LogP contribution in [-0.2, 0) is 20.9 Å². The van der Waals surface area contributed by atoms with Gasteiger partial charge in [-0.1, -0.05) is 18.2 Å². The normalized spacial score (nSPS) is 11.1. The molecule has 3 aromatic carbocycles. The van der Waals surface area contributed by atoms with Gasteiger partial charge in [0.1, 0.15) is 18.2 Å². The third-order valence-electron chi connectivity index (χ3n) is 5.01. The lowest BCUT2D eigenvalue weighted by molar-refractivity contribution is -0.139. The van der Waals surface area contributed by atoms with Crippen molar-refractivity contribution in [2.45, 2.75) is 6.61 Å². The molecule has 0 fully saturated rings. The second kappa shape index (κ2) is 9.35. The minimum absolute atomic E-state index is 0.163. The van der Waals surface area contributed by atoms with Crippen LogP contribution in [0.5, 0.6) is 5.75 Å². The Hall–Kier alpha value is -4.46. The standard InChI is InChI=1S/C25H20N2O6/c1-31-19-8-6-16-11-15(3-5-17(16)12-19)4-10-23(28)33-14-22-26-21-13-18(25(30)32-2)7-9-20(21)24(29)27-22/h3-13H,14H2,1-2H3,(H,26,27,29). The number of nitrogens with zero attached hydrogens (tertiary/aromatic N) is 1. The average molecular weight is 444 g/mol. The summed E-state index contributed by atoms with van der Waals surface area (Å²) < 4.78 is 15.1. The zero-order valence-electron chi connectivity index (χ0n) is 18.0. The van der Waals surface area contributed by atoms with E-state index in [0.29, 0.717) is 10.9 Å². The van der Waals surface area contributed by atoms with Crippen molar-refractivity contribution in [3.05, 3.63) is 88.0 Å². The van der Waals surface area contributed by atoms with Crippen LogP contribution in [0.4, 0.5) is 0 Å². The predicted molar refractivity (Wildman–Crippen MR) is 123 cm³/mol. The summed E-state index contributed by atoms with van der Waals surface area (Å²) in [5.41, 5.74) is 1.00. The van der Waals surface area contributed by atoms with Gasteiger partial charge in [-0.05, 0) is 58.8 Å². The minimum Gasteiger partial charge on any atom is -0.497 e. The Balaban J connectivity index is 1.45. The smallest absolute Gasteiger partial charge is 0.337 e. The lowest BCUT2D eigenvalue weighted by atomic mass is 10.1. The Bertz CT molecular complexity index is 1450. The molecular weight excluding hydrogens is 424 g/mol. The van der Waals surface area contributed by atoms with Crippen molar-refractivity contribution in [1.29, 1.82) is 0 Å². The second-order valence-corrected chi connectivity index (χ2v) is 7.15. The summed E-state index contributed by atoms with van der Waals surface area (Å²) in [5.74, 6) is -0.187. The average Bonchev–Trinajstić information content (AvgIpc) is 2.84. The van der Waals surface area contributed by atoms with E-state index in [4.69, 9.17) is 9.47 Å². The molecule has 0 amide bonds. The van der Waals surface area contributed by atoms with E-state index in [0.717, 1.165) is 22.1 Å². The van der Waals surface area contributed by atoms with Gasteiger partial charge in [-0.15, -0.1) is 0 Å². The Kier molecular flexibility index (Phi) is 6.17. The fourth-order valence-corrected chi connectivity index (χ4v) is 3.33. The molecule has 0 aliphatic heterocycles. The SMILES string of the molecule is COC(=O)c1ccc2c(=O)[nH]c(COC(=O)C=Cc3ccc4cc(OC)ccc4c3)nc2c1. The van der Waals surface area contributed by atoms with Crippen molar-refractivity contribution in [2.24, 2.45) is 0 Å². The van der Waals surface area contributed by atoms with E-state index in [-0.39, 0.29) is 18.0 Å². The number of aromatic nitrogens is 2. The monoisotopic (exact) mass is 444 g/mol. The topological polar surface area (TPSA) is 108 Å². The molecule has 166 valence electrons. The number of carbonyl (C=O) groups is 2. The summed E-state index contributed by atoms with van der Waals surface area (Å²) in [6.07, 6.45) is 2.95. The minimum atomic E-state index is -0.587. The summed E-state index contributed by atoms with van der Waals surface area (Å²) in [7, 11) is 2.89. The van der Waals surface area contributed by atoms with E-state index in [9.17, 15) is 14.4 Å². The molecule has 0 unspecified atom stereocenters. The lowest BCUT2D eigenvalue weighted by Crippen LogP contribution is -2.14. The zero-order valence-corrected chi connectivity index (χ0v) is 18.0. The number of fused-ring (bicyclic) bond motifs is 2. The van der Waals surface area contributed by atoms with Gasteiger partial charge in [0.25, 0.3) is 5.56 Å². The van der Waals surface area contributed by atoms with Gasteiger partial charge >= 0.3 is 11.9 Å². The molecule has 0 saturated carbocycles. The van der Waals surface area contributed by atoms with Gasteiger partial charge in [0.15, 0.2) is 0 Å². The first-order chi connectivity index (χ1) is 16.0. The van der Waals surface area contributed by atoms with E-state index in [2.05, 4.69) is 14.7 Å². The number of H-pyrrole nitrogens is 1. The lowest BCUT2D eigenvalue weighted by Gasteiger charge is -2.05. The zero-order chi connectivity index (χ0) is 23.4. The first kappa shape index (κ1) is 21.8. The number of carbonyl (C=O) groups excluding carboxylic acids is 2. The molecule has 1 N–H and O–H groups in total. The fourth-order valence-electron chi connectivity index (χ4n) is 3.33. The molecule has 1 aromatic heterocycles. The van der Waals surface area contributed by atoms with Gasteiger partial charge in [0.05, 0.1) is 30.7 Å². The second-order valence-electron chi connectivity index (χ2n) is 7.15. The van der Waals surface area contributed by atoms with Crippen molar-refractivity contribution >= 4 is 39.7 Å². The predicted octanol–water partition coefficient (Wildman–Crippen LogP) is 3.63. The third kappa shape index (κ3) is 4.90. The molecule has 4 aromatic rings. The summed E-state index contributed by atoms with van der Waals surface area (Å²) in [4.78, 5) is 43.0. The van der Waals surface area contributed by atoms with Crippen LogP contribution in [0.15, 0.2) is 65.5 Å². The van der Waals surface area contributed by atoms with Crippen molar-refractivity contribution in [1.82, 2.24) is 9.97 Å². The summed E-state index contributed by atoms with van der Waals surface area (Å²) in [5, 5.41) is 2.35. The van der Waals surface area contributed by atoms with E-state index < -0.39 is 17.5 Å². The Morgan fingerprint density at radius 2 is 1.79 bits per heavy atom. The number of rotatable bonds is 6. The van der Waals surface area contributed by atoms with Crippen molar-refractivity contribution in [3.63, 3.8) is 0 Å². The summed E-state index contributed by atoms with van der Waals surface area (Å²) >= 11 is 0. The van der Waals surface area contributed by atoms with E-state index in [1.54, 1.807) is 13.2 Å². The molecule has 4 rings (SSSR count). The maximum absolute atomic E-state index is 12.3. The van der Waals surface area contributed by atoms with Crippen LogP contribution >= 0.6 is 0 Å². The van der Waals surface area contributed by atoms with Gasteiger partial charge in [-0.2, -0.15) is 0 Å². The number of benzene rings is 3. The molecule has 0 atom stereocenters. The van der Waals surface area contributed by atoms with Crippen LogP contribution in [0.1, 0.15) is 21.7 Å². The van der Waals surface area contributed by atoms with Gasteiger partial charge in [0, 0.05) is 6.08 Å². The van der Waals surface area contributed by atoms with Crippen LogP contribution in [-0.4, -0.2) is 36.1 Å². The summed E-state index contributed by atoms with van der Waals surface area (Å²) in [6, 6.07) is 15.9. The Labute approximate surface area is 188 Å². The Morgan fingerprint density at radius 3 is 2.58 bits per heavy atom. The molecule has 33 heavy (non-hydrogen) atoms. The number of nitrogens with one attached hydrogen (secondary N) is 1. The van der Waals surface area contributed by atoms with Gasteiger partial charge in [-0.3, -0.25) is 4.79 Å². The van der Waals surface area contributed by atoms with Gasteiger partial charge in [0.2, 0.25) is 0 Å². The highest BCUT2D eigenvalue weighted by atomic mass is 16.5. The van der Waals surface area contributed by atoms with Gasteiger partial charge < -0.3 is 19.2 Å². The maximum atomic E-state index is 12.3.